The molecular formula is C13H18N2O3S. The molecule has 1 aromatic rings. The number of nitrogens with one attached hydrogen (secondary N) is 1. The molecule has 0 aromatic carbocycles. The Kier molecular flexibility index (Phi) is 3.20. The van der Waals surface area contributed by atoms with Gasteiger partial charge in [-0.2, -0.15) is 0 Å². The second-order valence-electron chi connectivity index (χ2n) is 5.46. The van der Waals surface area contributed by atoms with E-state index in [4.69, 9.17) is 4.52 Å². The first-order valence-electron chi connectivity index (χ1n) is 6.71. The predicted molar refractivity (Wildman–Crippen MR) is 71.5 cm³/mol. The Morgan fingerprint density at radius 1 is 1.42 bits per heavy atom. The van der Waals surface area contributed by atoms with E-state index < -0.39 is 10.8 Å². The fourth-order valence-corrected chi connectivity index (χ4v) is 3.55. The highest BCUT2D eigenvalue weighted by atomic mass is 32.2. The van der Waals surface area contributed by atoms with Gasteiger partial charge in [-0.1, -0.05) is 5.16 Å². The minimum Gasteiger partial charge on any atom is -0.360 e. The summed E-state index contributed by atoms with van der Waals surface area (Å²) < 4.78 is 16.6. The van der Waals surface area contributed by atoms with Crippen molar-refractivity contribution in [3.63, 3.8) is 0 Å². The van der Waals surface area contributed by atoms with Crippen LogP contribution in [0.1, 0.15) is 47.5 Å². The van der Waals surface area contributed by atoms with Crippen molar-refractivity contribution in [2.24, 2.45) is 0 Å². The van der Waals surface area contributed by atoms with Crippen molar-refractivity contribution < 1.29 is 13.5 Å². The summed E-state index contributed by atoms with van der Waals surface area (Å²) >= 11 is 0. The first-order chi connectivity index (χ1) is 9.12. The van der Waals surface area contributed by atoms with E-state index >= 15 is 0 Å². The van der Waals surface area contributed by atoms with Gasteiger partial charge in [0, 0.05) is 35.6 Å². The van der Waals surface area contributed by atoms with E-state index in [-0.39, 0.29) is 10.7 Å². The molecule has 2 aliphatic rings. The van der Waals surface area contributed by atoms with Gasteiger partial charge in [0.2, 0.25) is 0 Å². The molecule has 0 spiro atoms. The summed E-state index contributed by atoms with van der Waals surface area (Å²) in [5, 5.41) is 6.77. The Morgan fingerprint density at radius 3 is 2.84 bits per heavy atom. The van der Waals surface area contributed by atoms with Gasteiger partial charge in [0.25, 0.3) is 5.91 Å². The minimum atomic E-state index is -0.889. The monoisotopic (exact) mass is 282 g/mol. The molecule has 0 bridgehead atoms. The number of carbonyl (C=O) groups is 1. The fourth-order valence-electron chi connectivity index (χ4n) is 2.59. The van der Waals surface area contributed by atoms with Gasteiger partial charge in [-0.3, -0.25) is 9.00 Å². The number of fused-ring (bicyclic) bond motifs is 1. The van der Waals surface area contributed by atoms with Crippen molar-refractivity contribution in [1.29, 1.82) is 0 Å². The molecule has 0 saturated heterocycles. The maximum absolute atomic E-state index is 12.1. The number of carbonyl (C=O) groups excluding carboxylic acids is 1. The number of rotatable bonds is 4. The molecule has 1 saturated carbocycles. The zero-order valence-corrected chi connectivity index (χ0v) is 11.8. The maximum atomic E-state index is 12.1. The molecule has 5 nitrogen and oxygen atoms in total. The summed E-state index contributed by atoms with van der Waals surface area (Å²) in [5.41, 5.74) is 1.39. The summed E-state index contributed by atoms with van der Waals surface area (Å²) in [6.45, 7) is 0.469. The Bertz CT molecular complexity index is 534. The van der Waals surface area contributed by atoms with Gasteiger partial charge >= 0.3 is 0 Å². The van der Waals surface area contributed by atoms with Gasteiger partial charge in [0.15, 0.2) is 5.69 Å². The lowest BCUT2D eigenvalue weighted by Gasteiger charge is -2.13. The van der Waals surface area contributed by atoms with Crippen LogP contribution < -0.4 is 5.32 Å². The van der Waals surface area contributed by atoms with Gasteiger partial charge in [0.05, 0.1) is 4.75 Å². The largest absolute Gasteiger partial charge is 0.360 e. The predicted octanol–water partition coefficient (Wildman–Crippen LogP) is 1.19. The molecule has 3 rings (SSSR count). The zero-order chi connectivity index (χ0) is 13.5. The van der Waals surface area contributed by atoms with E-state index in [0.717, 1.165) is 49.8 Å². The van der Waals surface area contributed by atoms with Crippen molar-refractivity contribution in [2.75, 3.05) is 12.8 Å². The van der Waals surface area contributed by atoms with Crippen LogP contribution >= 0.6 is 0 Å². The summed E-state index contributed by atoms with van der Waals surface area (Å²) in [6, 6.07) is 0. The van der Waals surface area contributed by atoms with Crippen LogP contribution in [0.3, 0.4) is 0 Å². The third-order valence-corrected chi connectivity index (χ3v) is 5.93. The van der Waals surface area contributed by atoms with E-state index in [1.807, 2.05) is 0 Å². The number of amides is 1. The molecule has 104 valence electrons. The molecule has 1 aromatic heterocycles. The van der Waals surface area contributed by atoms with Crippen LogP contribution in [0, 0.1) is 0 Å². The molecule has 19 heavy (non-hydrogen) atoms. The van der Waals surface area contributed by atoms with Crippen LogP contribution in [-0.4, -0.2) is 32.8 Å². The molecule has 1 fully saturated rings. The zero-order valence-electron chi connectivity index (χ0n) is 11.0. The smallest absolute Gasteiger partial charge is 0.273 e. The van der Waals surface area contributed by atoms with Crippen molar-refractivity contribution in [1.82, 2.24) is 10.5 Å². The minimum absolute atomic E-state index is 0.191. The topological polar surface area (TPSA) is 72.2 Å². The molecule has 2 aliphatic carbocycles. The number of aryl methyl sites for hydroxylation is 1. The van der Waals surface area contributed by atoms with Crippen molar-refractivity contribution >= 4 is 16.7 Å². The third-order valence-electron chi connectivity index (χ3n) is 4.15. The number of hydrogen-bond acceptors (Lipinski definition) is 4. The Hall–Kier alpha value is -1.17. The summed E-state index contributed by atoms with van der Waals surface area (Å²) in [4.78, 5) is 12.1. The van der Waals surface area contributed by atoms with Gasteiger partial charge in [-0.15, -0.1) is 0 Å². The summed E-state index contributed by atoms with van der Waals surface area (Å²) in [5.74, 6) is 0.667. The highest BCUT2D eigenvalue weighted by molar-refractivity contribution is 7.86. The molecule has 1 heterocycles. The second-order valence-corrected chi connectivity index (χ2v) is 7.23. The van der Waals surface area contributed by atoms with E-state index in [1.54, 1.807) is 6.26 Å². The van der Waals surface area contributed by atoms with Crippen LogP contribution in [0.4, 0.5) is 0 Å². The lowest BCUT2D eigenvalue weighted by Crippen LogP contribution is -2.36. The molecule has 0 radical (unpaired) electrons. The average molecular weight is 282 g/mol. The normalized spacial score (nSPS) is 21.5. The standard InChI is InChI=1S/C13H18N2O3S/c1-19(17)13(6-7-13)8-14-12(16)11-9-4-2-3-5-10(9)18-15-11/h2-8H2,1H3,(H,14,16). The van der Waals surface area contributed by atoms with E-state index in [0.29, 0.717) is 12.2 Å². The fraction of sp³-hybridized carbons (Fsp3) is 0.692. The Morgan fingerprint density at radius 2 is 2.16 bits per heavy atom. The van der Waals surface area contributed by atoms with E-state index in [2.05, 4.69) is 10.5 Å². The number of hydrogen-bond donors (Lipinski definition) is 1. The molecule has 1 unspecified atom stereocenters. The maximum Gasteiger partial charge on any atom is 0.273 e. The number of aromatic nitrogens is 1. The molecule has 6 heteroatoms. The SMILES string of the molecule is CS(=O)C1(CNC(=O)c2noc3c2CCCC3)CC1. The molecule has 1 N–H and O–H groups in total. The number of nitrogens with zero attached hydrogens (tertiary/aromatic N) is 1. The molecule has 1 atom stereocenters. The third kappa shape index (κ3) is 2.33. The quantitative estimate of drug-likeness (QED) is 0.900. The van der Waals surface area contributed by atoms with Gasteiger partial charge in [0.1, 0.15) is 5.76 Å². The Labute approximate surface area is 114 Å². The summed E-state index contributed by atoms with van der Waals surface area (Å²) in [7, 11) is -0.889. The van der Waals surface area contributed by atoms with Crippen molar-refractivity contribution in [3.8, 4) is 0 Å². The highest BCUT2D eigenvalue weighted by Gasteiger charge is 2.47. The first kappa shape index (κ1) is 12.8. The van der Waals surface area contributed by atoms with Crippen LogP contribution in [0.5, 0.6) is 0 Å². The van der Waals surface area contributed by atoms with Crippen molar-refractivity contribution in [3.05, 3.63) is 17.0 Å². The van der Waals surface area contributed by atoms with Gasteiger partial charge in [-0.25, -0.2) is 0 Å². The van der Waals surface area contributed by atoms with Gasteiger partial charge < -0.3 is 9.84 Å². The van der Waals surface area contributed by atoms with Crippen LogP contribution in [0.15, 0.2) is 4.52 Å². The first-order valence-corrected chi connectivity index (χ1v) is 8.27. The lowest BCUT2D eigenvalue weighted by molar-refractivity contribution is 0.0943. The molecular weight excluding hydrogens is 264 g/mol. The lowest BCUT2D eigenvalue weighted by atomic mass is 9.96. The van der Waals surface area contributed by atoms with Crippen LogP contribution in [0.25, 0.3) is 0 Å². The molecule has 0 aliphatic heterocycles. The van der Waals surface area contributed by atoms with E-state index in [1.165, 1.54) is 0 Å². The Balaban J connectivity index is 1.68. The highest BCUT2D eigenvalue weighted by Crippen LogP contribution is 2.40. The van der Waals surface area contributed by atoms with Crippen LogP contribution in [0.2, 0.25) is 0 Å². The van der Waals surface area contributed by atoms with E-state index in [9.17, 15) is 9.00 Å². The van der Waals surface area contributed by atoms with Gasteiger partial charge in [-0.05, 0) is 32.1 Å². The van der Waals surface area contributed by atoms with Crippen LogP contribution in [-0.2, 0) is 23.6 Å². The molecule has 1 amide bonds. The van der Waals surface area contributed by atoms with Crippen molar-refractivity contribution in [2.45, 2.75) is 43.3 Å². The summed E-state index contributed by atoms with van der Waals surface area (Å²) in [6.07, 6.45) is 7.47. The second kappa shape index (κ2) is 4.74. The average Bonchev–Trinajstić information content (AvgIpc) is 3.09.